The van der Waals surface area contributed by atoms with Crippen molar-refractivity contribution in [2.24, 2.45) is 0 Å². The van der Waals surface area contributed by atoms with Crippen LogP contribution in [0, 0.1) is 5.82 Å². The molecule has 3 aromatic carbocycles. The zero-order chi connectivity index (χ0) is 21.2. The first kappa shape index (κ1) is 19.6. The molecular formula is C27H24FNO2. The Balaban J connectivity index is 1.42. The van der Waals surface area contributed by atoms with Gasteiger partial charge >= 0.3 is 0 Å². The number of nitrogens with zero attached hydrogens (tertiary/aromatic N) is 1. The molecule has 3 nitrogen and oxygen atoms in total. The molecule has 0 aliphatic carbocycles. The average molecular weight is 413 g/mol. The van der Waals surface area contributed by atoms with Crippen LogP contribution in [0.1, 0.15) is 17.5 Å². The zero-order valence-corrected chi connectivity index (χ0v) is 17.5. The Bertz CT molecular complexity index is 1230. The van der Waals surface area contributed by atoms with E-state index >= 15 is 0 Å². The number of hydrogen-bond acceptors (Lipinski definition) is 3. The predicted octanol–water partition coefficient (Wildman–Crippen LogP) is 6.54. The highest BCUT2D eigenvalue weighted by Gasteiger charge is 2.18. The number of methoxy groups -OCH3 is 1. The minimum absolute atomic E-state index is 0.258. The highest BCUT2D eigenvalue weighted by molar-refractivity contribution is 5.90. The molecule has 0 bridgehead atoms. The molecule has 0 saturated heterocycles. The molecule has 5 rings (SSSR count). The lowest BCUT2D eigenvalue weighted by molar-refractivity contribution is 0.295. The summed E-state index contributed by atoms with van der Waals surface area (Å²) in [7, 11) is 1.65. The molecule has 156 valence electrons. The number of rotatable bonds is 5. The second kappa shape index (κ2) is 8.40. The molecule has 1 aliphatic rings. The normalized spacial score (nSPS) is 14.6. The molecule has 0 N–H and O–H groups in total. The van der Waals surface area contributed by atoms with Crippen molar-refractivity contribution in [1.29, 1.82) is 0 Å². The molecule has 4 aromatic rings. The number of ether oxygens (including phenoxy) is 1. The second-order valence-electron chi connectivity index (χ2n) is 7.87. The van der Waals surface area contributed by atoms with E-state index in [1.54, 1.807) is 19.2 Å². The Morgan fingerprint density at radius 3 is 2.48 bits per heavy atom. The lowest BCUT2D eigenvalue weighted by Gasteiger charge is -2.26. The summed E-state index contributed by atoms with van der Waals surface area (Å²) in [5.74, 6) is 1.16. The van der Waals surface area contributed by atoms with Crippen LogP contribution in [0.5, 0.6) is 5.75 Å². The molecule has 0 unspecified atom stereocenters. The van der Waals surface area contributed by atoms with Gasteiger partial charge in [0, 0.05) is 30.6 Å². The van der Waals surface area contributed by atoms with E-state index in [1.165, 1.54) is 28.8 Å². The van der Waals surface area contributed by atoms with Gasteiger partial charge in [-0.15, -0.1) is 0 Å². The first-order valence-corrected chi connectivity index (χ1v) is 10.5. The molecular weight excluding hydrogens is 389 g/mol. The maximum absolute atomic E-state index is 13.3. The number of benzene rings is 3. The summed E-state index contributed by atoms with van der Waals surface area (Å²) in [6.07, 6.45) is 3.37. The summed E-state index contributed by atoms with van der Waals surface area (Å²) in [4.78, 5) is 2.44. The van der Waals surface area contributed by atoms with Gasteiger partial charge in [-0.3, -0.25) is 4.90 Å². The topological polar surface area (TPSA) is 25.6 Å². The third-order valence-electron chi connectivity index (χ3n) is 5.92. The van der Waals surface area contributed by atoms with Crippen molar-refractivity contribution in [3.63, 3.8) is 0 Å². The predicted molar refractivity (Wildman–Crippen MR) is 122 cm³/mol. The molecule has 1 aliphatic heterocycles. The van der Waals surface area contributed by atoms with Crippen molar-refractivity contribution < 1.29 is 13.5 Å². The average Bonchev–Trinajstić information content (AvgIpc) is 3.27. The highest BCUT2D eigenvalue weighted by Crippen LogP contribution is 2.36. The first-order chi connectivity index (χ1) is 15.2. The number of furan rings is 1. The molecule has 0 fully saturated rings. The number of hydrogen-bond donors (Lipinski definition) is 0. The maximum atomic E-state index is 13.3. The van der Waals surface area contributed by atoms with Crippen LogP contribution in [0.2, 0.25) is 0 Å². The molecule has 4 heteroatoms. The quantitative estimate of drug-likeness (QED) is 0.372. The van der Waals surface area contributed by atoms with Gasteiger partial charge in [-0.05, 0) is 59.5 Å². The van der Waals surface area contributed by atoms with Gasteiger partial charge in [0.1, 0.15) is 11.6 Å². The summed E-state index contributed by atoms with van der Waals surface area (Å²) < 4.78 is 25.0. The van der Waals surface area contributed by atoms with Crippen LogP contribution >= 0.6 is 0 Å². The Morgan fingerprint density at radius 1 is 0.968 bits per heavy atom. The monoisotopic (exact) mass is 413 g/mol. The Morgan fingerprint density at radius 2 is 1.77 bits per heavy atom. The van der Waals surface area contributed by atoms with Crippen LogP contribution in [0.25, 0.3) is 27.9 Å². The summed E-state index contributed by atoms with van der Waals surface area (Å²) >= 11 is 0. The second-order valence-corrected chi connectivity index (χ2v) is 7.87. The summed E-state index contributed by atoms with van der Waals surface area (Å²) in [5.41, 5.74) is 5.51. The summed E-state index contributed by atoms with van der Waals surface area (Å²) in [6.45, 7) is 2.76. The van der Waals surface area contributed by atoms with E-state index in [2.05, 4.69) is 47.4 Å². The largest absolute Gasteiger partial charge is 0.493 e. The maximum Gasteiger partial charge on any atom is 0.176 e. The third kappa shape index (κ3) is 3.99. The molecule has 31 heavy (non-hydrogen) atoms. The first-order valence-electron chi connectivity index (χ1n) is 10.5. The van der Waals surface area contributed by atoms with Crippen molar-refractivity contribution in [2.75, 3.05) is 20.2 Å². The standard InChI is InChI=1S/C27H24FNO2/c1-30-25-12-9-22(18-29-15-13-20(14-16-29)19-5-3-2-4-6-19)24-17-26(31-27(24)25)21-7-10-23(28)11-8-21/h2-13,17H,14-16,18H2,1H3. The van der Waals surface area contributed by atoms with Crippen molar-refractivity contribution in [3.05, 3.63) is 95.8 Å². The van der Waals surface area contributed by atoms with E-state index in [4.69, 9.17) is 9.15 Å². The SMILES string of the molecule is COc1ccc(CN2CC=C(c3ccccc3)CC2)c2cc(-c3ccc(F)cc3)oc12. The van der Waals surface area contributed by atoms with Crippen LogP contribution in [-0.2, 0) is 6.54 Å². The fourth-order valence-corrected chi connectivity index (χ4v) is 4.22. The molecule has 0 spiro atoms. The van der Waals surface area contributed by atoms with Gasteiger partial charge in [0.05, 0.1) is 7.11 Å². The van der Waals surface area contributed by atoms with Gasteiger partial charge in [-0.25, -0.2) is 4.39 Å². The summed E-state index contributed by atoms with van der Waals surface area (Å²) in [5, 5.41) is 1.04. The van der Waals surface area contributed by atoms with Gasteiger partial charge in [-0.1, -0.05) is 42.5 Å². The van der Waals surface area contributed by atoms with Crippen molar-refractivity contribution in [2.45, 2.75) is 13.0 Å². The van der Waals surface area contributed by atoms with E-state index in [-0.39, 0.29) is 5.82 Å². The van der Waals surface area contributed by atoms with E-state index in [0.29, 0.717) is 11.5 Å². The molecule has 2 heterocycles. The van der Waals surface area contributed by atoms with Crippen molar-refractivity contribution in [1.82, 2.24) is 4.90 Å². The van der Waals surface area contributed by atoms with Crippen LogP contribution in [0.15, 0.2) is 83.3 Å². The van der Waals surface area contributed by atoms with Crippen LogP contribution in [-0.4, -0.2) is 25.1 Å². The molecule has 0 atom stereocenters. The van der Waals surface area contributed by atoms with Crippen molar-refractivity contribution >= 4 is 16.5 Å². The molecule has 0 radical (unpaired) electrons. The highest BCUT2D eigenvalue weighted by atomic mass is 19.1. The van der Waals surface area contributed by atoms with Crippen LogP contribution in [0.4, 0.5) is 4.39 Å². The molecule has 0 amide bonds. The smallest absolute Gasteiger partial charge is 0.176 e. The van der Waals surface area contributed by atoms with E-state index in [1.807, 2.05) is 12.1 Å². The summed E-state index contributed by atoms with van der Waals surface area (Å²) in [6, 6.07) is 23.1. The molecule has 0 saturated carbocycles. The van der Waals surface area contributed by atoms with Gasteiger partial charge in [0.2, 0.25) is 0 Å². The Hall–Kier alpha value is -3.37. The van der Waals surface area contributed by atoms with Crippen molar-refractivity contribution in [3.8, 4) is 17.1 Å². The fourth-order valence-electron chi connectivity index (χ4n) is 4.22. The third-order valence-corrected chi connectivity index (χ3v) is 5.92. The van der Waals surface area contributed by atoms with E-state index < -0.39 is 0 Å². The van der Waals surface area contributed by atoms with E-state index in [0.717, 1.165) is 42.6 Å². The Labute approximate surface area is 181 Å². The minimum atomic E-state index is -0.258. The number of fused-ring (bicyclic) bond motifs is 1. The van der Waals surface area contributed by atoms with Gasteiger partial charge in [0.25, 0.3) is 0 Å². The zero-order valence-electron chi connectivity index (χ0n) is 17.5. The van der Waals surface area contributed by atoms with Crippen LogP contribution < -0.4 is 4.74 Å². The van der Waals surface area contributed by atoms with E-state index in [9.17, 15) is 4.39 Å². The van der Waals surface area contributed by atoms with Gasteiger partial charge < -0.3 is 9.15 Å². The fraction of sp³-hybridized carbons (Fsp3) is 0.185. The van der Waals surface area contributed by atoms with Gasteiger partial charge in [0.15, 0.2) is 11.3 Å². The Kier molecular flexibility index (Phi) is 5.31. The lowest BCUT2D eigenvalue weighted by Crippen LogP contribution is -2.28. The lowest BCUT2D eigenvalue weighted by atomic mass is 9.99. The molecule has 1 aromatic heterocycles. The van der Waals surface area contributed by atoms with Gasteiger partial charge in [-0.2, -0.15) is 0 Å². The minimum Gasteiger partial charge on any atom is -0.493 e. The van der Waals surface area contributed by atoms with Crippen LogP contribution in [0.3, 0.4) is 0 Å². The number of halogens is 1.